The summed E-state index contributed by atoms with van der Waals surface area (Å²) < 4.78 is 7.52. The number of hydrogen-bond acceptors (Lipinski definition) is 5. The van der Waals surface area contributed by atoms with Crippen LogP contribution in [0.25, 0.3) is 6.08 Å². The number of carboxylic acids is 1. The Morgan fingerprint density at radius 2 is 2.07 bits per heavy atom. The first-order chi connectivity index (χ1) is 13.8. The maximum absolute atomic E-state index is 12.9. The van der Waals surface area contributed by atoms with Gasteiger partial charge in [0.1, 0.15) is 5.75 Å². The van der Waals surface area contributed by atoms with E-state index in [4.69, 9.17) is 4.74 Å². The second-order valence-electron chi connectivity index (χ2n) is 5.92. The summed E-state index contributed by atoms with van der Waals surface area (Å²) >= 11 is 5.71. The van der Waals surface area contributed by atoms with Crippen LogP contribution in [0.15, 0.2) is 46.3 Å². The monoisotopic (exact) mass is 634 g/mol. The molecule has 0 aliphatic carbocycles. The molecule has 0 atom stereocenters. The Morgan fingerprint density at radius 3 is 2.72 bits per heavy atom. The normalized spacial score (nSPS) is 16.7. The first-order valence-corrected chi connectivity index (χ1v) is 11.5. The number of aliphatic imine (C=N–C) groups is 1. The number of amidine groups is 1. The van der Waals surface area contributed by atoms with E-state index in [2.05, 4.69) is 50.2 Å². The van der Waals surface area contributed by atoms with E-state index in [9.17, 15) is 14.7 Å². The number of aromatic carboxylic acids is 1. The van der Waals surface area contributed by atoms with Gasteiger partial charge in [0.25, 0.3) is 5.91 Å². The number of carboxylic acid groups (broad SMARTS) is 1. The number of hydrogen-bond donors (Lipinski definition) is 1. The molecule has 0 aromatic heterocycles. The van der Waals surface area contributed by atoms with Gasteiger partial charge >= 0.3 is 5.97 Å². The Morgan fingerprint density at radius 1 is 1.31 bits per heavy atom. The summed E-state index contributed by atoms with van der Waals surface area (Å²) in [5, 5.41) is 9.69. The van der Waals surface area contributed by atoms with E-state index in [1.165, 1.54) is 23.9 Å². The lowest BCUT2D eigenvalue weighted by atomic mass is 10.2. The minimum atomic E-state index is -1.02. The fourth-order valence-corrected chi connectivity index (χ4v) is 5.90. The highest BCUT2D eigenvalue weighted by Gasteiger charge is 2.32. The Kier molecular flexibility index (Phi) is 7.22. The summed E-state index contributed by atoms with van der Waals surface area (Å²) in [6, 6.07) is 10.3. The van der Waals surface area contributed by atoms with E-state index in [1.54, 1.807) is 24.1 Å². The second kappa shape index (κ2) is 9.47. The van der Waals surface area contributed by atoms with Crippen molar-refractivity contribution in [2.24, 2.45) is 4.99 Å². The summed E-state index contributed by atoms with van der Waals surface area (Å²) in [6.45, 7) is 2.33. The number of carbonyl (C=O) groups is 2. The smallest absolute Gasteiger partial charge is 0.335 e. The molecule has 150 valence electrons. The van der Waals surface area contributed by atoms with Crippen molar-refractivity contribution in [3.8, 4) is 5.75 Å². The lowest BCUT2D eigenvalue weighted by molar-refractivity contribution is -0.122. The lowest BCUT2D eigenvalue weighted by Crippen LogP contribution is -2.28. The molecule has 0 radical (unpaired) electrons. The third kappa shape index (κ3) is 4.94. The predicted molar refractivity (Wildman–Crippen MR) is 132 cm³/mol. The van der Waals surface area contributed by atoms with Crippen molar-refractivity contribution in [1.82, 2.24) is 4.90 Å². The summed E-state index contributed by atoms with van der Waals surface area (Å²) in [7, 11) is 1.61. The number of halogens is 2. The summed E-state index contributed by atoms with van der Waals surface area (Å²) in [5.41, 5.74) is 1.46. The predicted octanol–water partition coefficient (Wildman–Crippen LogP) is 5.23. The molecule has 1 aliphatic heterocycles. The highest BCUT2D eigenvalue weighted by atomic mass is 127. The summed E-state index contributed by atoms with van der Waals surface area (Å²) in [4.78, 5) is 30.7. The van der Waals surface area contributed by atoms with E-state index < -0.39 is 5.97 Å². The van der Waals surface area contributed by atoms with Crippen molar-refractivity contribution < 1.29 is 19.4 Å². The molecular formula is C20H16I2N2O4S. The van der Waals surface area contributed by atoms with Gasteiger partial charge in [-0.1, -0.05) is 6.07 Å². The average Bonchev–Trinajstić information content (AvgIpc) is 2.96. The molecule has 0 saturated carbocycles. The number of amides is 1. The van der Waals surface area contributed by atoms with Gasteiger partial charge < -0.3 is 9.84 Å². The van der Waals surface area contributed by atoms with Crippen LogP contribution in [0.1, 0.15) is 22.8 Å². The van der Waals surface area contributed by atoms with Crippen LogP contribution in [-0.4, -0.2) is 40.7 Å². The Labute approximate surface area is 199 Å². The second-order valence-corrected chi connectivity index (χ2v) is 9.34. The number of nitrogens with zero attached hydrogens (tertiary/aromatic N) is 2. The number of likely N-dealkylation sites (N-methyl/N-ethyl adjacent to an activating group) is 1. The molecule has 2 aromatic carbocycles. The van der Waals surface area contributed by atoms with Crippen LogP contribution >= 0.6 is 56.9 Å². The van der Waals surface area contributed by atoms with Gasteiger partial charge in [-0.05, 0) is 100 Å². The van der Waals surface area contributed by atoms with Gasteiger partial charge in [0.2, 0.25) is 0 Å². The molecule has 1 heterocycles. The van der Waals surface area contributed by atoms with Gasteiger partial charge in [-0.15, -0.1) is 0 Å². The zero-order chi connectivity index (χ0) is 21.1. The first-order valence-electron chi connectivity index (χ1n) is 8.50. The molecule has 9 heteroatoms. The standard InChI is InChI=1S/C20H16I2N2O4S/c1-3-24-18(25)16(9-12-7-13(21)10-15(22)17(12)28-2)29-20(24)23-14-6-4-5-11(8-14)19(26)27/h4-10H,3H2,1-2H3,(H,26,27). The lowest BCUT2D eigenvalue weighted by Gasteiger charge is -2.12. The molecule has 0 bridgehead atoms. The number of thioether (sulfide) groups is 1. The summed E-state index contributed by atoms with van der Waals surface area (Å²) in [6.07, 6.45) is 1.81. The van der Waals surface area contributed by atoms with Crippen molar-refractivity contribution in [3.05, 3.63) is 59.6 Å². The molecular weight excluding hydrogens is 618 g/mol. The minimum absolute atomic E-state index is 0.137. The van der Waals surface area contributed by atoms with Gasteiger partial charge in [-0.3, -0.25) is 9.69 Å². The molecule has 1 saturated heterocycles. The molecule has 1 fully saturated rings. The topological polar surface area (TPSA) is 79.2 Å². The van der Waals surface area contributed by atoms with E-state index in [-0.39, 0.29) is 11.5 Å². The fraction of sp³-hybridized carbons (Fsp3) is 0.150. The SMILES string of the molecule is CCN1C(=O)C(=Cc2cc(I)cc(I)c2OC)SC1=Nc1cccc(C(=O)O)c1. The fourth-order valence-electron chi connectivity index (χ4n) is 2.73. The highest BCUT2D eigenvalue weighted by molar-refractivity contribution is 14.1. The number of carbonyl (C=O) groups excluding carboxylic acids is 1. The molecule has 29 heavy (non-hydrogen) atoms. The third-order valence-corrected chi connectivity index (χ3v) is 6.48. The van der Waals surface area contributed by atoms with E-state index >= 15 is 0 Å². The number of rotatable bonds is 5. The molecule has 6 nitrogen and oxygen atoms in total. The zero-order valence-corrected chi connectivity index (χ0v) is 20.6. The van der Waals surface area contributed by atoms with Crippen LogP contribution in [-0.2, 0) is 4.79 Å². The molecule has 3 rings (SSSR count). The van der Waals surface area contributed by atoms with Crippen molar-refractivity contribution in [2.45, 2.75) is 6.92 Å². The molecule has 1 aliphatic rings. The molecule has 0 unspecified atom stereocenters. The maximum Gasteiger partial charge on any atom is 0.335 e. The van der Waals surface area contributed by atoms with Crippen molar-refractivity contribution >= 4 is 85.8 Å². The van der Waals surface area contributed by atoms with Crippen LogP contribution in [0.4, 0.5) is 5.69 Å². The zero-order valence-electron chi connectivity index (χ0n) is 15.5. The first kappa shape index (κ1) is 22.1. The third-order valence-electron chi connectivity index (χ3n) is 4.05. The number of benzene rings is 2. The van der Waals surface area contributed by atoms with Gasteiger partial charge in [0.05, 0.1) is 26.8 Å². The van der Waals surface area contributed by atoms with Gasteiger partial charge in [0.15, 0.2) is 5.17 Å². The van der Waals surface area contributed by atoms with Crippen LogP contribution in [0.2, 0.25) is 0 Å². The Bertz CT molecular complexity index is 1050. The number of methoxy groups -OCH3 is 1. The van der Waals surface area contributed by atoms with Gasteiger partial charge in [-0.2, -0.15) is 0 Å². The molecule has 2 aromatic rings. The van der Waals surface area contributed by atoms with Crippen LogP contribution in [0.3, 0.4) is 0 Å². The van der Waals surface area contributed by atoms with Crippen LogP contribution in [0.5, 0.6) is 5.75 Å². The van der Waals surface area contributed by atoms with E-state index in [1.807, 2.05) is 25.1 Å². The highest BCUT2D eigenvalue weighted by Crippen LogP contribution is 2.37. The van der Waals surface area contributed by atoms with E-state index in [0.29, 0.717) is 22.3 Å². The van der Waals surface area contributed by atoms with Crippen molar-refractivity contribution in [3.63, 3.8) is 0 Å². The molecule has 0 spiro atoms. The average molecular weight is 634 g/mol. The quantitative estimate of drug-likeness (QED) is 0.361. The maximum atomic E-state index is 12.9. The van der Waals surface area contributed by atoms with Crippen molar-refractivity contribution in [1.29, 1.82) is 0 Å². The van der Waals surface area contributed by atoms with Crippen molar-refractivity contribution in [2.75, 3.05) is 13.7 Å². The Hall–Kier alpha value is -1.60. The molecule has 1 N–H and O–H groups in total. The number of ether oxygens (including phenoxy) is 1. The van der Waals surface area contributed by atoms with Gasteiger partial charge in [-0.25, -0.2) is 9.79 Å². The summed E-state index contributed by atoms with van der Waals surface area (Å²) in [5.74, 6) is -0.438. The van der Waals surface area contributed by atoms with Crippen LogP contribution < -0.4 is 4.74 Å². The Balaban J connectivity index is 2.01. The van der Waals surface area contributed by atoms with E-state index in [0.717, 1.165) is 18.5 Å². The van der Waals surface area contributed by atoms with Crippen LogP contribution in [0, 0.1) is 7.14 Å². The minimum Gasteiger partial charge on any atom is -0.495 e. The van der Waals surface area contributed by atoms with Gasteiger partial charge in [0, 0.05) is 15.7 Å². The largest absolute Gasteiger partial charge is 0.495 e. The molecule has 1 amide bonds.